The molecule has 5 nitrogen and oxygen atoms in total. The quantitative estimate of drug-likeness (QED) is 0.721. The summed E-state index contributed by atoms with van der Waals surface area (Å²) in [6.45, 7) is 2.40. The highest BCUT2D eigenvalue weighted by Crippen LogP contribution is 2.29. The van der Waals surface area contributed by atoms with Crippen LogP contribution in [0.2, 0.25) is 0 Å². The van der Waals surface area contributed by atoms with Crippen LogP contribution in [-0.4, -0.2) is 36.5 Å². The first kappa shape index (κ1) is 16.1. The van der Waals surface area contributed by atoms with Crippen LogP contribution in [-0.2, 0) is 6.42 Å². The molecule has 0 aliphatic rings. The number of fused-ring (bicyclic) bond motifs is 1. The van der Waals surface area contributed by atoms with Crippen molar-refractivity contribution < 1.29 is 13.9 Å². The number of hydrogen-bond donors (Lipinski definition) is 0. The minimum absolute atomic E-state index is 0.0598. The number of carbonyl (C=O) groups excluding carboxylic acids is 1. The largest absolute Gasteiger partial charge is 0.497 e. The molecule has 1 aromatic carbocycles. The highest BCUT2D eigenvalue weighted by atomic mass is 16.5. The Hall–Kier alpha value is -2.82. The maximum absolute atomic E-state index is 12.9. The average Bonchev–Trinajstić information content (AvgIpc) is 2.94. The fourth-order valence-electron chi connectivity index (χ4n) is 2.71. The van der Waals surface area contributed by atoms with Gasteiger partial charge < -0.3 is 14.1 Å². The third-order valence-electron chi connectivity index (χ3n) is 4.06. The molecule has 24 heavy (non-hydrogen) atoms. The van der Waals surface area contributed by atoms with Crippen LogP contribution in [0.4, 0.5) is 0 Å². The zero-order valence-corrected chi connectivity index (χ0v) is 14.1. The van der Waals surface area contributed by atoms with Gasteiger partial charge in [-0.15, -0.1) is 0 Å². The Bertz CT molecular complexity index is 856. The van der Waals surface area contributed by atoms with E-state index in [2.05, 4.69) is 4.98 Å². The predicted octanol–water partition coefficient (Wildman–Crippen LogP) is 3.46. The lowest BCUT2D eigenvalue weighted by molar-refractivity contribution is 0.0796. The van der Waals surface area contributed by atoms with Gasteiger partial charge in [-0.25, -0.2) is 0 Å². The molecule has 3 aromatic rings. The van der Waals surface area contributed by atoms with Crippen molar-refractivity contribution >= 4 is 16.9 Å². The van der Waals surface area contributed by atoms with E-state index in [-0.39, 0.29) is 5.91 Å². The molecule has 0 aliphatic heterocycles. The van der Waals surface area contributed by atoms with E-state index in [1.165, 1.54) is 0 Å². The lowest BCUT2D eigenvalue weighted by Gasteiger charge is -2.16. The van der Waals surface area contributed by atoms with Gasteiger partial charge in [0.05, 0.1) is 12.7 Å². The van der Waals surface area contributed by atoms with Gasteiger partial charge in [-0.05, 0) is 37.3 Å². The van der Waals surface area contributed by atoms with Crippen molar-refractivity contribution in [1.82, 2.24) is 9.88 Å². The van der Waals surface area contributed by atoms with Gasteiger partial charge in [0.2, 0.25) is 0 Å². The minimum Gasteiger partial charge on any atom is -0.497 e. The second kappa shape index (κ2) is 6.74. The van der Waals surface area contributed by atoms with E-state index in [0.717, 1.165) is 11.1 Å². The molecule has 0 fully saturated rings. The van der Waals surface area contributed by atoms with E-state index in [1.807, 2.05) is 43.3 Å². The second-order valence-electron chi connectivity index (χ2n) is 5.69. The van der Waals surface area contributed by atoms with Crippen molar-refractivity contribution in [1.29, 1.82) is 0 Å². The van der Waals surface area contributed by atoms with Crippen LogP contribution < -0.4 is 4.74 Å². The summed E-state index contributed by atoms with van der Waals surface area (Å²) >= 11 is 0. The number of aromatic nitrogens is 1. The van der Waals surface area contributed by atoms with Crippen LogP contribution in [0.5, 0.6) is 5.75 Å². The lowest BCUT2D eigenvalue weighted by atomic mass is 10.1. The van der Waals surface area contributed by atoms with Gasteiger partial charge in [0, 0.05) is 37.3 Å². The highest BCUT2D eigenvalue weighted by molar-refractivity contribution is 6.07. The summed E-state index contributed by atoms with van der Waals surface area (Å²) < 4.78 is 11.0. The zero-order chi connectivity index (χ0) is 17.1. The van der Waals surface area contributed by atoms with E-state index in [9.17, 15) is 4.79 Å². The standard InChI is InChI=1S/C19H20N2O3/c1-13-18(16-12-15(23-3)7-8-17(16)24-13)19(22)21(2)11-9-14-6-4-5-10-20-14/h4-8,10,12H,9,11H2,1-3H3. The van der Waals surface area contributed by atoms with Crippen molar-refractivity contribution in [2.75, 3.05) is 20.7 Å². The number of hydrogen-bond acceptors (Lipinski definition) is 4. The smallest absolute Gasteiger partial charge is 0.257 e. The van der Waals surface area contributed by atoms with Gasteiger partial charge >= 0.3 is 0 Å². The van der Waals surface area contributed by atoms with Gasteiger partial charge in [0.1, 0.15) is 17.1 Å². The first-order chi connectivity index (χ1) is 11.6. The molecule has 0 saturated carbocycles. The maximum Gasteiger partial charge on any atom is 0.257 e. The molecule has 124 valence electrons. The summed E-state index contributed by atoms with van der Waals surface area (Å²) in [5, 5.41) is 0.779. The average molecular weight is 324 g/mol. The van der Waals surface area contributed by atoms with Crippen molar-refractivity contribution in [3.63, 3.8) is 0 Å². The summed E-state index contributed by atoms with van der Waals surface area (Å²) in [7, 11) is 3.40. The fourth-order valence-corrected chi connectivity index (χ4v) is 2.71. The number of rotatable bonds is 5. The lowest BCUT2D eigenvalue weighted by Crippen LogP contribution is -2.29. The van der Waals surface area contributed by atoms with Crippen molar-refractivity contribution in [3.05, 3.63) is 59.6 Å². The first-order valence-electron chi connectivity index (χ1n) is 7.82. The number of furan rings is 1. The fraction of sp³-hybridized carbons (Fsp3) is 0.263. The zero-order valence-electron chi connectivity index (χ0n) is 14.1. The number of carbonyl (C=O) groups is 1. The summed E-state index contributed by atoms with van der Waals surface area (Å²) in [6, 6.07) is 11.3. The van der Waals surface area contributed by atoms with E-state index in [1.54, 1.807) is 25.3 Å². The summed E-state index contributed by atoms with van der Waals surface area (Å²) in [5.41, 5.74) is 2.25. The number of nitrogens with zero attached hydrogens (tertiary/aromatic N) is 2. The number of pyridine rings is 1. The van der Waals surface area contributed by atoms with Crippen molar-refractivity contribution in [2.24, 2.45) is 0 Å². The maximum atomic E-state index is 12.9. The number of ether oxygens (including phenoxy) is 1. The highest BCUT2D eigenvalue weighted by Gasteiger charge is 2.21. The van der Waals surface area contributed by atoms with Gasteiger partial charge in [-0.2, -0.15) is 0 Å². The SMILES string of the molecule is COc1ccc2oc(C)c(C(=O)N(C)CCc3ccccn3)c2c1. The molecule has 2 heterocycles. The van der Waals surface area contributed by atoms with Gasteiger partial charge in [0.25, 0.3) is 5.91 Å². The molecule has 0 spiro atoms. The van der Waals surface area contributed by atoms with Gasteiger partial charge in [-0.3, -0.25) is 9.78 Å². The molecule has 2 aromatic heterocycles. The Labute approximate surface area is 140 Å². The van der Waals surface area contributed by atoms with E-state index in [0.29, 0.717) is 35.6 Å². The van der Waals surface area contributed by atoms with Crippen molar-refractivity contribution in [3.8, 4) is 5.75 Å². The van der Waals surface area contributed by atoms with E-state index < -0.39 is 0 Å². The van der Waals surface area contributed by atoms with Crippen molar-refractivity contribution in [2.45, 2.75) is 13.3 Å². The molecule has 5 heteroatoms. The summed E-state index contributed by atoms with van der Waals surface area (Å²) in [4.78, 5) is 18.9. The number of likely N-dealkylation sites (N-methyl/N-ethyl adjacent to an activating group) is 1. The molecule has 1 amide bonds. The Morgan fingerprint density at radius 1 is 1.29 bits per heavy atom. The molecule has 0 atom stereocenters. The molecular formula is C19H20N2O3. The number of amides is 1. The third kappa shape index (κ3) is 3.11. The molecule has 0 radical (unpaired) electrons. The second-order valence-corrected chi connectivity index (χ2v) is 5.69. The van der Waals surface area contributed by atoms with Gasteiger partial charge in [0.15, 0.2) is 0 Å². The first-order valence-corrected chi connectivity index (χ1v) is 7.82. The Kier molecular flexibility index (Phi) is 4.51. The Balaban J connectivity index is 1.83. The molecule has 0 N–H and O–H groups in total. The van der Waals surface area contributed by atoms with Crippen LogP contribution in [0.3, 0.4) is 0 Å². The van der Waals surface area contributed by atoms with Crippen LogP contribution in [0.15, 0.2) is 47.0 Å². The molecule has 0 bridgehead atoms. The van der Waals surface area contributed by atoms with E-state index >= 15 is 0 Å². The van der Waals surface area contributed by atoms with Crippen LogP contribution >= 0.6 is 0 Å². The molecule has 3 rings (SSSR count). The van der Waals surface area contributed by atoms with E-state index in [4.69, 9.17) is 9.15 Å². The molecule has 0 saturated heterocycles. The topological polar surface area (TPSA) is 55.6 Å². The van der Waals surface area contributed by atoms with Gasteiger partial charge in [-0.1, -0.05) is 6.07 Å². The predicted molar refractivity (Wildman–Crippen MR) is 92.4 cm³/mol. The molecule has 0 unspecified atom stereocenters. The van der Waals surface area contributed by atoms with Crippen LogP contribution in [0.25, 0.3) is 11.0 Å². The number of methoxy groups -OCH3 is 1. The summed E-state index contributed by atoms with van der Waals surface area (Å²) in [5.74, 6) is 1.26. The Morgan fingerprint density at radius 3 is 2.83 bits per heavy atom. The minimum atomic E-state index is -0.0598. The monoisotopic (exact) mass is 324 g/mol. The van der Waals surface area contributed by atoms with Crippen LogP contribution in [0.1, 0.15) is 21.8 Å². The Morgan fingerprint density at radius 2 is 2.12 bits per heavy atom. The van der Waals surface area contributed by atoms with Crippen LogP contribution in [0, 0.1) is 6.92 Å². The number of aryl methyl sites for hydroxylation is 1. The third-order valence-corrected chi connectivity index (χ3v) is 4.06. The summed E-state index contributed by atoms with van der Waals surface area (Å²) in [6.07, 6.45) is 2.47. The normalized spacial score (nSPS) is 10.8. The molecule has 0 aliphatic carbocycles. The number of benzene rings is 1. The molecular weight excluding hydrogens is 304 g/mol.